The van der Waals surface area contributed by atoms with Crippen LogP contribution in [0.15, 0.2) is 156 Å². The number of carboxylic acids is 1. The maximum atomic E-state index is 13.5. The molecule has 248 valence electrons. The summed E-state index contributed by atoms with van der Waals surface area (Å²) >= 11 is 3.38. The Kier molecular flexibility index (Phi) is 10.7. The minimum atomic E-state index is -1.23. The highest BCUT2D eigenvalue weighted by Gasteiger charge is 2.24. The zero-order valence-electron chi connectivity index (χ0n) is 26.6. The van der Waals surface area contributed by atoms with Gasteiger partial charge >= 0.3 is 5.97 Å². The minimum Gasteiger partial charge on any atom is -0.480 e. The van der Waals surface area contributed by atoms with Crippen LogP contribution in [-0.2, 0) is 11.2 Å². The normalized spacial score (nSPS) is 11.2. The zero-order valence-corrected chi connectivity index (χ0v) is 28.2. The minimum absolute atomic E-state index is 0.0383. The Morgan fingerprint density at radius 1 is 0.640 bits per heavy atom. The molecule has 0 aliphatic rings. The average molecular weight is 728 g/mol. The van der Waals surface area contributed by atoms with Crippen molar-refractivity contribution in [2.75, 3.05) is 5.32 Å². The van der Waals surface area contributed by atoms with Gasteiger partial charge in [-0.25, -0.2) is 4.79 Å². The molecule has 0 unspecified atom stereocenters. The number of nitrogens with one attached hydrogen (secondary N) is 2. The Balaban J connectivity index is 1.13. The fourth-order valence-corrected chi connectivity index (χ4v) is 5.57. The number of hydrogen-bond acceptors (Lipinski definition) is 5. The number of carboxylic acid groups (broad SMARTS) is 1. The fourth-order valence-electron chi connectivity index (χ4n) is 5.21. The van der Waals surface area contributed by atoms with Crippen LogP contribution in [0.25, 0.3) is 11.1 Å². The predicted molar refractivity (Wildman–Crippen MR) is 196 cm³/mol. The number of para-hydroxylation sites is 3. The number of rotatable bonds is 12. The Bertz CT molecular complexity index is 2100. The van der Waals surface area contributed by atoms with E-state index in [9.17, 15) is 19.5 Å². The largest absolute Gasteiger partial charge is 0.480 e. The number of ether oxygens (including phenoxy) is 2. The van der Waals surface area contributed by atoms with Gasteiger partial charge in [0.1, 0.15) is 29.0 Å². The van der Waals surface area contributed by atoms with E-state index in [1.165, 1.54) is 6.07 Å². The van der Waals surface area contributed by atoms with Crippen molar-refractivity contribution < 1.29 is 29.0 Å². The van der Waals surface area contributed by atoms with Crippen LogP contribution in [-0.4, -0.2) is 28.9 Å². The molecule has 50 heavy (non-hydrogen) atoms. The summed E-state index contributed by atoms with van der Waals surface area (Å²) in [5, 5.41) is 15.5. The third-order valence-electron chi connectivity index (χ3n) is 7.74. The third kappa shape index (κ3) is 8.63. The summed E-state index contributed by atoms with van der Waals surface area (Å²) in [4.78, 5) is 39.0. The zero-order chi connectivity index (χ0) is 34.9. The lowest BCUT2D eigenvalue weighted by Crippen LogP contribution is -2.42. The van der Waals surface area contributed by atoms with Crippen molar-refractivity contribution in [3.05, 3.63) is 173 Å². The molecule has 6 aromatic rings. The third-order valence-corrected chi connectivity index (χ3v) is 8.23. The highest BCUT2D eigenvalue weighted by atomic mass is 79.9. The van der Waals surface area contributed by atoms with E-state index < -0.39 is 23.8 Å². The number of aliphatic carboxylic acids is 1. The molecule has 9 heteroatoms. The van der Waals surface area contributed by atoms with Crippen molar-refractivity contribution >= 4 is 39.4 Å². The molecule has 0 fully saturated rings. The predicted octanol–water partition coefficient (Wildman–Crippen LogP) is 9.38. The summed E-state index contributed by atoms with van der Waals surface area (Å²) in [6, 6.07) is 44.0. The molecule has 0 saturated carbocycles. The second kappa shape index (κ2) is 15.8. The Morgan fingerprint density at radius 2 is 1.24 bits per heavy atom. The van der Waals surface area contributed by atoms with Crippen LogP contribution >= 0.6 is 15.9 Å². The molecular formula is C41H31BrN2O6. The van der Waals surface area contributed by atoms with E-state index in [0.717, 1.165) is 11.1 Å². The van der Waals surface area contributed by atoms with Gasteiger partial charge in [-0.1, -0.05) is 94.8 Å². The van der Waals surface area contributed by atoms with Gasteiger partial charge < -0.3 is 25.2 Å². The first-order chi connectivity index (χ1) is 24.3. The van der Waals surface area contributed by atoms with E-state index in [-0.39, 0.29) is 17.7 Å². The number of halogens is 1. The molecule has 2 amide bonds. The van der Waals surface area contributed by atoms with Gasteiger partial charge in [0.25, 0.3) is 11.8 Å². The van der Waals surface area contributed by atoms with Crippen LogP contribution in [0.3, 0.4) is 0 Å². The van der Waals surface area contributed by atoms with Crippen LogP contribution in [0.2, 0.25) is 0 Å². The monoisotopic (exact) mass is 726 g/mol. The molecule has 0 heterocycles. The Hall–Kier alpha value is -6.19. The first kappa shape index (κ1) is 33.7. The van der Waals surface area contributed by atoms with Crippen LogP contribution in [0.5, 0.6) is 23.0 Å². The van der Waals surface area contributed by atoms with E-state index in [1.807, 2.05) is 109 Å². The molecule has 0 bridgehead atoms. The number of carbonyl (C=O) groups is 3. The van der Waals surface area contributed by atoms with Crippen molar-refractivity contribution in [3.8, 4) is 34.1 Å². The topological polar surface area (TPSA) is 114 Å². The quantitative estimate of drug-likeness (QED) is 0.116. The molecular weight excluding hydrogens is 696 g/mol. The average Bonchev–Trinajstić information content (AvgIpc) is 3.14. The molecule has 6 rings (SSSR count). The number of carbonyl (C=O) groups excluding carboxylic acids is 2. The van der Waals surface area contributed by atoms with Gasteiger partial charge in [0.15, 0.2) is 0 Å². The molecule has 6 aromatic carbocycles. The molecule has 0 saturated heterocycles. The molecule has 3 N–H and O–H groups in total. The van der Waals surface area contributed by atoms with Crippen molar-refractivity contribution in [2.24, 2.45) is 0 Å². The van der Waals surface area contributed by atoms with Crippen molar-refractivity contribution in [2.45, 2.75) is 12.5 Å². The number of hydrogen-bond donors (Lipinski definition) is 3. The van der Waals surface area contributed by atoms with Crippen LogP contribution in [0.4, 0.5) is 5.69 Å². The van der Waals surface area contributed by atoms with Crippen LogP contribution in [0, 0.1) is 0 Å². The van der Waals surface area contributed by atoms with Gasteiger partial charge in [0.2, 0.25) is 0 Å². The lowest BCUT2D eigenvalue weighted by Gasteiger charge is -2.17. The molecule has 8 nitrogen and oxygen atoms in total. The van der Waals surface area contributed by atoms with Gasteiger partial charge in [-0.3, -0.25) is 9.59 Å². The maximum Gasteiger partial charge on any atom is 0.326 e. The van der Waals surface area contributed by atoms with E-state index in [0.29, 0.717) is 38.6 Å². The van der Waals surface area contributed by atoms with Crippen molar-refractivity contribution in [3.63, 3.8) is 0 Å². The number of amides is 2. The summed E-state index contributed by atoms with van der Waals surface area (Å²) in [5.41, 5.74) is 3.17. The van der Waals surface area contributed by atoms with Gasteiger partial charge in [-0.15, -0.1) is 0 Å². The highest BCUT2D eigenvalue weighted by molar-refractivity contribution is 9.10. The molecule has 0 aromatic heterocycles. The second-order valence-electron chi connectivity index (χ2n) is 11.3. The van der Waals surface area contributed by atoms with E-state index in [1.54, 1.807) is 36.4 Å². The van der Waals surface area contributed by atoms with Gasteiger partial charge in [0.05, 0.1) is 11.3 Å². The molecule has 0 spiro atoms. The maximum absolute atomic E-state index is 13.5. The van der Waals surface area contributed by atoms with E-state index in [4.69, 9.17) is 9.47 Å². The van der Waals surface area contributed by atoms with Crippen molar-refractivity contribution in [1.82, 2.24) is 5.32 Å². The highest BCUT2D eigenvalue weighted by Crippen LogP contribution is 2.33. The van der Waals surface area contributed by atoms with Gasteiger partial charge in [-0.2, -0.15) is 0 Å². The Labute approximate surface area is 297 Å². The fraction of sp³-hybridized carbons (Fsp3) is 0.0488. The molecule has 0 aliphatic heterocycles. The summed E-state index contributed by atoms with van der Waals surface area (Å²) in [6.45, 7) is 0. The smallest absolute Gasteiger partial charge is 0.326 e. The Morgan fingerprint density at radius 3 is 1.90 bits per heavy atom. The lowest BCUT2D eigenvalue weighted by atomic mass is 9.99. The first-order valence-corrected chi connectivity index (χ1v) is 16.5. The summed E-state index contributed by atoms with van der Waals surface area (Å²) < 4.78 is 12.5. The summed E-state index contributed by atoms with van der Waals surface area (Å²) in [5.74, 6) is 0.348. The molecule has 1 atom stereocenters. The summed E-state index contributed by atoms with van der Waals surface area (Å²) in [6.07, 6.45) is 0.0383. The van der Waals surface area contributed by atoms with Gasteiger partial charge in [0, 0.05) is 22.0 Å². The first-order valence-electron chi connectivity index (χ1n) is 15.7. The van der Waals surface area contributed by atoms with E-state index >= 15 is 0 Å². The van der Waals surface area contributed by atoms with Crippen molar-refractivity contribution in [1.29, 1.82) is 0 Å². The molecule has 0 radical (unpaired) electrons. The summed E-state index contributed by atoms with van der Waals surface area (Å²) in [7, 11) is 0. The lowest BCUT2D eigenvalue weighted by molar-refractivity contribution is -0.139. The SMILES string of the molecule is O=C(Nc1ccc(Br)cc1C(=O)N[C@@H](Cc1ccc(-c2ccccc2Oc2ccccc2)cc1)C(=O)O)c1ccc(Oc2ccccc2)cc1. The van der Waals surface area contributed by atoms with Gasteiger partial charge in [-0.05, 0) is 83.9 Å². The molecule has 0 aliphatic carbocycles. The van der Waals surface area contributed by atoms with Crippen LogP contribution in [0.1, 0.15) is 26.3 Å². The second-order valence-corrected chi connectivity index (χ2v) is 12.2. The van der Waals surface area contributed by atoms with E-state index in [2.05, 4.69) is 26.6 Å². The van der Waals surface area contributed by atoms with Crippen LogP contribution < -0.4 is 20.1 Å². The standard InChI is InChI=1S/C41H31BrN2O6/c42-30-21-24-36(43-39(45)29-19-22-33(23-20-29)49-31-9-3-1-4-10-31)35(26-30)40(46)44-37(41(47)48)25-27-15-17-28(18-16-27)34-13-7-8-14-38(34)50-32-11-5-2-6-12-32/h1-24,26,37H,25H2,(H,43,45)(H,44,46)(H,47,48)/t37-/m0/s1. The number of benzene rings is 6. The number of anilines is 1.